The molecule has 34 heavy (non-hydrogen) atoms. The largest absolute Gasteiger partial charge is 0.416 e. The highest BCUT2D eigenvalue weighted by Gasteiger charge is 2.43. The third kappa shape index (κ3) is 6.38. The summed E-state index contributed by atoms with van der Waals surface area (Å²) in [5.74, 6) is -5.11. The number of pyridine rings is 1. The van der Waals surface area contributed by atoms with Crippen LogP contribution in [0.2, 0.25) is 0 Å². The van der Waals surface area contributed by atoms with Gasteiger partial charge in [-0.25, -0.2) is 17.2 Å². The zero-order valence-corrected chi connectivity index (χ0v) is 19.2. The maximum Gasteiger partial charge on any atom is 0.416 e. The van der Waals surface area contributed by atoms with Gasteiger partial charge in [0.2, 0.25) is 10.0 Å². The van der Waals surface area contributed by atoms with Crippen LogP contribution in [-0.4, -0.2) is 25.1 Å². The van der Waals surface area contributed by atoms with Gasteiger partial charge in [-0.2, -0.15) is 17.9 Å². The molecule has 3 aromatic rings. The van der Waals surface area contributed by atoms with E-state index in [0.717, 1.165) is 23.8 Å². The van der Waals surface area contributed by atoms with Gasteiger partial charge in [0.05, 0.1) is 11.3 Å². The predicted octanol–water partition coefficient (Wildman–Crippen LogP) is 5.47. The molecule has 0 aliphatic heterocycles. The maximum absolute atomic E-state index is 13.7. The Bertz CT molecular complexity index is 1220. The van der Waals surface area contributed by atoms with E-state index in [1.165, 1.54) is 18.3 Å². The van der Waals surface area contributed by atoms with E-state index in [9.17, 15) is 30.4 Å². The van der Waals surface area contributed by atoms with Crippen molar-refractivity contribution in [1.82, 2.24) is 9.71 Å². The minimum Gasteiger partial charge on any atom is -0.259 e. The van der Waals surface area contributed by atoms with E-state index in [2.05, 4.69) is 9.71 Å². The quantitative estimate of drug-likeness (QED) is 0.419. The van der Waals surface area contributed by atoms with E-state index in [0.29, 0.717) is 12.5 Å². The third-order valence-corrected chi connectivity index (χ3v) is 6.66. The van der Waals surface area contributed by atoms with Crippen LogP contribution in [0.3, 0.4) is 0 Å². The van der Waals surface area contributed by atoms with Crippen LogP contribution in [0, 0.1) is 6.92 Å². The van der Waals surface area contributed by atoms with Crippen LogP contribution in [0.4, 0.5) is 22.0 Å². The number of sulfonamides is 1. The molecule has 0 radical (unpaired) electrons. The summed E-state index contributed by atoms with van der Waals surface area (Å²) in [4.78, 5) is 4.30. The lowest BCUT2D eigenvalue weighted by atomic mass is 9.81. The molecule has 0 fully saturated rings. The van der Waals surface area contributed by atoms with Gasteiger partial charge in [-0.3, -0.25) is 4.98 Å². The van der Waals surface area contributed by atoms with E-state index >= 15 is 0 Å². The van der Waals surface area contributed by atoms with Gasteiger partial charge in [-0.1, -0.05) is 48.5 Å². The maximum atomic E-state index is 13.7. The number of hydrogen-bond acceptors (Lipinski definition) is 3. The zero-order chi connectivity index (χ0) is 25.2. The van der Waals surface area contributed by atoms with E-state index in [1.807, 2.05) is 0 Å². The molecule has 1 aromatic heterocycles. The Hall–Kier alpha value is -2.85. The van der Waals surface area contributed by atoms with Crippen molar-refractivity contribution in [2.45, 2.75) is 37.9 Å². The molecular weight excluding hydrogens is 475 g/mol. The summed E-state index contributed by atoms with van der Waals surface area (Å²) in [5.41, 5.74) is -1.61. The van der Waals surface area contributed by atoms with Gasteiger partial charge in [-0.15, -0.1) is 0 Å². The SMILES string of the molecule is Cc1ccc(C(Cc2ccccc2)(NS(=O)(=O)CC(C)(F)F)c2cccc(C(F)(F)F)c2)nc1. The van der Waals surface area contributed by atoms with Gasteiger partial charge in [0.15, 0.2) is 0 Å². The summed E-state index contributed by atoms with van der Waals surface area (Å²) < 4.78 is 96.2. The highest BCUT2D eigenvalue weighted by atomic mass is 32.2. The number of aryl methyl sites for hydroxylation is 1. The topological polar surface area (TPSA) is 59.1 Å². The minimum absolute atomic E-state index is 0.0734. The van der Waals surface area contributed by atoms with Crippen molar-refractivity contribution in [3.8, 4) is 0 Å². The molecule has 0 spiro atoms. The van der Waals surface area contributed by atoms with Crippen LogP contribution in [0.25, 0.3) is 0 Å². The van der Waals surface area contributed by atoms with Gasteiger partial charge in [-0.05, 0) is 41.8 Å². The Balaban J connectivity index is 2.31. The van der Waals surface area contributed by atoms with Gasteiger partial charge in [0, 0.05) is 19.5 Å². The van der Waals surface area contributed by atoms with Gasteiger partial charge in [0.25, 0.3) is 5.92 Å². The van der Waals surface area contributed by atoms with Crippen LogP contribution in [0.5, 0.6) is 0 Å². The number of nitrogens with zero attached hydrogens (tertiary/aromatic N) is 1. The molecule has 0 saturated heterocycles. The van der Waals surface area contributed by atoms with E-state index in [-0.39, 0.29) is 17.7 Å². The summed E-state index contributed by atoms with van der Waals surface area (Å²) in [6.45, 7) is 2.20. The Kier molecular flexibility index (Phi) is 7.14. The standard InChI is InChI=1S/C24H23F5N2O2S/c1-17-11-12-21(30-15-17)23(14-18-7-4-3-5-8-18,31-34(32,33)16-22(2,25)26)19-9-6-10-20(13-19)24(27,28)29/h3-13,15,31H,14,16H2,1-2H3. The Morgan fingerprint density at radius 1 is 0.882 bits per heavy atom. The Morgan fingerprint density at radius 3 is 2.09 bits per heavy atom. The molecule has 1 heterocycles. The first-order chi connectivity index (χ1) is 15.7. The molecule has 1 N–H and O–H groups in total. The fourth-order valence-corrected chi connectivity index (χ4v) is 5.27. The average Bonchev–Trinajstić information content (AvgIpc) is 2.72. The van der Waals surface area contributed by atoms with Crippen LogP contribution in [-0.2, 0) is 28.2 Å². The molecule has 2 aromatic carbocycles. The van der Waals surface area contributed by atoms with Crippen molar-refractivity contribution in [3.63, 3.8) is 0 Å². The van der Waals surface area contributed by atoms with E-state index in [4.69, 9.17) is 0 Å². The number of halogens is 5. The molecule has 1 atom stereocenters. The molecule has 4 nitrogen and oxygen atoms in total. The monoisotopic (exact) mass is 498 g/mol. The van der Waals surface area contributed by atoms with Crippen LogP contribution < -0.4 is 4.72 Å². The molecule has 10 heteroatoms. The van der Waals surface area contributed by atoms with Crippen molar-refractivity contribution < 1.29 is 30.4 Å². The third-order valence-electron chi connectivity index (χ3n) is 5.12. The van der Waals surface area contributed by atoms with E-state index in [1.54, 1.807) is 43.3 Å². The zero-order valence-electron chi connectivity index (χ0n) is 18.4. The summed E-state index contributed by atoms with van der Waals surface area (Å²) in [6, 6.07) is 15.7. The predicted molar refractivity (Wildman–Crippen MR) is 119 cm³/mol. The fraction of sp³-hybridized carbons (Fsp3) is 0.292. The first kappa shape index (κ1) is 25.8. The minimum atomic E-state index is -4.70. The smallest absolute Gasteiger partial charge is 0.259 e. The second-order valence-electron chi connectivity index (χ2n) is 8.30. The van der Waals surface area contributed by atoms with Crippen molar-refractivity contribution in [2.24, 2.45) is 0 Å². The molecule has 3 rings (SSSR count). The lowest BCUT2D eigenvalue weighted by molar-refractivity contribution is -0.137. The molecule has 0 amide bonds. The second-order valence-corrected chi connectivity index (χ2v) is 10.0. The highest BCUT2D eigenvalue weighted by Crippen LogP contribution is 2.37. The molecule has 0 aliphatic carbocycles. The Labute approximate surface area is 194 Å². The van der Waals surface area contributed by atoms with Crippen LogP contribution >= 0.6 is 0 Å². The van der Waals surface area contributed by atoms with Gasteiger partial charge >= 0.3 is 6.18 Å². The molecule has 182 valence electrons. The Morgan fingerprint density at radius 2 is 1.53 bits per heavy atom. The summed E-state index contributed by atoms with van der Waals surface area (Å²) >= 11 is 0. The highest BCUT2D eigenvalue weighted by molar-refractivity contribution is 7.89. The number of rotatable bonds is 8. The van der Waals surface area contributed by atoms with Crippen molar-refractivity contribution in [3.05, 3.63) is 101 Å². The second kappa shape index (κ2) is 9.42. The fourth-order valence-electron chi connectivity index (χ4n) is 3.71. The summed E-state index contributed by atoms with van der Waals surface area (Å²) in [7, 11) is -4.69. The number of alkyl halides is 5. The number of hydrogen-bond donors (Lipinski definition) is 1. The average molecular weight is 499 g/mol. The first-order valence-corrected chi connectivity index (χ1v) is 11.9. The van der Waals surface area contributed by atoms with Gasteiger partial charge < -0.3 is 0 Å². The number of benzene rings is 2. The normalized spacial score (nSPS) is 14.6. The molecule has 0 saturated carbocycles. The number of aromatic nitrogens is 1. The molecule has 1 unspecified atom stereocenters. The molecular formula is C24H23F5N2O2S. The first-order valence-electron chi connectivity index (χ1n) is 10.2. The van der Waals surface area contributed by atoms with Crippen molar-refractivity contribution in [1.29, 1.82) is 0 Å². The molecule has 0 aliphatic rings. The molecule has 0 bridgehead atoms. The van der Waals surface area contributed by atoms with Crippen LogP contribution in [0.1, 0.15) is 34.9 Å². The van der Waals surface area contributed by atoms with Crippen LogP contribution in [0.15, 0.2) is 72.9 Å². The van der Waals surface area contributed by atoms with Crippen molar-refractivity contribution in [2.75, 3.05) is 5.75 Å². The lowest BCUT2D eigenvalue weighted by Crippen LogP contribution is -2.51. The summed E-state index contributed by atoms with van der Waals surface area (Å²) in [6.07, 6.45) is -3.43. The lowest BCUT2D eigenvalue weighted by Gasteiger charge is -2.36. The van der Waals surface area contributed by atoms with E-state index < -0.39 is 39.0 Å². The van der Waals surface area contributed by atoms with Crippen molar-refractivity contribution >= 4 is 10.0 Å². The van der Waals surface area contributed by atoms with Gasteiger partial charge in [0.1, 0.15) is 11.3 Å². The summed E-state index contributed by atoms with van der Waals surface area (Å²) in [5, 5.41) is 0. The number of nitrogens with one attached hydrogen (secondary N) is 1.